The summed E-state index contributed by atoms with van der Waals surface area (Å²) in [6.45, 7) is 3.62. The lowest BCUT2D eigenvalue weighted by molar-refractivity contribution is -0.136. The number of nitrogens with one attached hydrogen (secondary N) is 2. The van der Waals surface area contributed by atoms with Gasteiger partial charge in [-0.2, -0.15) is 34.8 Å². The maximum Gasteiger partial charge on any atom is 0.516 e. The Labute approximate surface area is 232 Å². The third-order valence-corrected chi connectivity index (χ3v) is 7.15. The number of hydrogen-bond acceptors (Lipinski definition) is 4. The lowest BCUT2D eigenvalue weighted by atomic mass is 10.1. The van der Waals surface area contributed by atoms with Crippen LogP contribution in [-0.2, 0) is 40.3 Å². The molecule has 222 valence electrons. The molecule has 0 aliphatic carbocycles. The van der Waals surface area contributed by atoms with Crippen molar-refractivity contribution in [1.82, 2.24) is 9.29 Å². The van der Waals surface area contributed by atoms with Gasteiger partial charge >= 0.3 is 21.7 Å². The van der Waals surface area contributed by atoms with E-state index in [1.807, 2.05) is 44.2 Å². The smallest absolute Gasteiger partial charge is 0.338 e. The van der Waals surface area contributed by atoms with Gasteiger partial charge in [0.15, 0.2) is 0 Å². The third kappa shape index (κ3) is 8.12. The van der Waals surface area contributed by atoms with Gasteiger partial charge in [-0.05, 0) is 68.5 Å². The van der Waals surface area contributed by atoms with Gasteiger partial charge in [-0.3, -0.25) is 9.59 Å². The molecule has 0 saturated carbocycles. The molecule has 0 atom stereocenters. The third-order valence-electron chi connectivity index (χ3n) is 6.05. The number of aromatic nitrogens is 1. The van der Waals surface area contributed by atoms with Crippen molar-refractivity contribution in [1.29, 1.82) is 0 Å². The first kappa shape index (κ1) is 31.7. The fourth-order valence-electron chi connectivity index (χ4n) is 4.27. The molecule has 0 aliphatic rings. The van der Waals surface area contributed by atoms with Gasteiger partial charge < -0.3 is 9.88 Å². The van der Waals surface area contributed by atoms with Crippen molar-refractivity contribution in [3.8, 4) is 0 Å². The average Bonchev–Trinajstić information content (AvgIpc) is 3.27. The number of amides is 2. The van der Waals surface area contributed by atoms with Crippen LogP contribution in [0.25, 0.3) is 0 Å². The molecule has 0 bridgehead atoms. The fraction of sp³-hybridized carbons (Fsp3) is 0.333. The lowest BCUT2D eigenvalue weighted by Gasteiger charge is -2.19. The van der Waals surface area contributed by atoms with E-state index in [1.54, 1.807) is 10.6 Å². The summed E-state index contributed by atoms with van der Waals surface area (Å²) in [5.74, 6) is -2.49. The molecule has 0 saturated heterocycles. The Bertz CT molecular complexity index is 1500. The van der Waals surface area contributed by atoms with Crippen molar-refractivity contribution in [3.63, 3.8) is 0 Å². The van der Waals surface area contributed by atoms with Gasteiger partial charge in [0.25, 0.3) is 5.91 Å². The standard InChI is InChI=1S/C27H27F6N3O4S/c1-17(2)36-20(10-6-9-18-7-4-3-5-8-18)12-14-23(36)25(38)34-22-15-19(11-13-21(22)26(28,29)30)16-24(37)35-41(39,40)27(31,32)33/h3-5,7-8,11-15,17H,6,9-10,16H2,1-2H3,(H,34,38)(H,35,37). The predicted octanol–water partition coefficient (Wildman–Crippen LogP) is 6.02. The maximum atomic E-state index is 13.7. The van der Waals surface area contributed by atoms with Crippen LogP contribution in [0.15, 0.2) is 60.7 Å². The van der Waals surface area contributed by atoms with Gasteiger partial charge in [0.05, 0.1) is 17.7 Å². The Morgan fingerprint density at radius 3 is 2.12 bits per heavy atom. The van der Waals surface area contributed by atoms with Crippen molar-refractivity contribution in [2.24, 2.45) is 0 Å². The van der Waals surface area contributed by atoms with E-state index in [-0.39, 0.29) is 17.3 Å². The number of sulfonamides is 1. The van der Waals surface area contributed by atoms with E-state index in [0.717, 1.165) is 41.0 Å². The quantitative estimate of drug-likeness (QED) is 0.277. The molecule has 1 heterocycles. The second-order valence-electron chi connectivity index (χ2n) is 9.50. The Morgan fingerprint density at radius 1 is 0.878 bits per heavy atom. The fourth-order valence-corrected chi connectivity index (χ4v) is 4.76. The minimum absolute atomic E-state index is 0.0854. The lowest BCUT2D eigenvalue weighted by Crippen LogP contribution is -2.40. The van der Waals surface area contributed by atoms with Crippen LogP contribution >= 0.6 is 0 Å². The molecule has 7 nitrogen and oxygen atoms in total. The summed E-state index contributed by atoms with van der Waals surface area (Å²) >= 11 is 0. The largest absolute Gasteiger partial charge is 0.516 e. The number of nitrogens with zero attached hydrogens (tertiary/aromatic N) is 1. The molecule has 3 aromatic rings. The van der Waals surface area contributed by atoms with E-state index in [1.165, 1.54) is 6.07 Å². The van der Waals surface area contributed by atoms with Crippen molar-refractivity contribution in [2.45, 2.75) is 57.3 Å². The summed E-state index contributed by atoms with van der Waals surface area (Å²) in [5.41, 5.74) is -6.00. The molecular weight excluding hydrogens is 576 g/mol. The number of rotatable bonds is 10. The second kappa shape index (κ2) is 12.4. The summed E-state index contributed by atoms with van der Waals surface area (Å²) < 4.78 is 104. The first-order valence-electron chi connectivity index (χ1n) is 12.4. The van der Waals surface area contributed by atoms with Crippen molar-refractivity contribution in [3.05, 3.63) is 88.7 Å². The summed E-state index contributed by atoms with van der Waals surface area (Å²) in [6, 6.07) is 14.8. The molecule has 14 heteroatoms. The number of carbonyl (C=O) groups is 2. The van der Waals surface area contributed by atoms with Crippen LogP contribution in [0.1, 0.15) is 59.2 Å². The number of hydrogen-bond donors (Lipinski definition) is 2. The van der Waals surface area contributed by atoms with Crippen molar-refractivity contribution < 1.29 is 44.3 Å². The van der Waals surface area contributed by atoms with Gasteiger partial charge in [0.1, 0.15) is 5.69 Å². The van der Waals surface area contributed by atoms with Gasteiger partial charge in [0.2, 0.25) is 5.91 Å². The Hall–Kier alpha value is -3.81. The van der Waals surface area contributed by atoms with Crippen LogP contribution in [0.4, 0.5) is 32.0 Å². The van der Waals surface area contributed by atoms with E-state index >= 15 is 0 Å². The van der Waals surface area contributed by atoms with E-state index in [9.17, 15) is 44.3 Å². The normalized spacial score (nSPS) is 12.4. The Kier molecular flexibility index (Phi) is 9.57. The minimum atomic E-state index is -6.00. The van der Waals surface area contributed by atoms with Gasteiger partial charge in [-0.25, -0.2) is 4.72 Å². The molecule has 0 spiro atoms. The predicted molar refractivity (Wildman–Crippen MR) is 140 cm³/mol. The molecule has 0 radical (unpaired) electrons. The van der Waals surface area contributed by atoms with E-state index in [2.05, 4.69) is 5.32 Å². The van der Waals surface area contributed by atoms with Gasteiger partial charge in [-0.15, -0.1) is 0 Å². The summed E-state index contributed by atoms with van der Waals surface area (Å²) in [6.07, 6.45) is -3.78. The van der Waals surface area contributed by atoms with Crippen LogP contribution in [0.5, 0.6) is 0 Å². The van der Waals surface area contributed by atoms with Crippen LogP contribution in [0, 0.1) is 0 Å². The van der Waals surface area contributed by atoms with Crippen LogP contribution < -0.4 is 10.0 Å². The number of aryl methyl sites for hydroxylation is 2. The molecule has 0 fully saturated rings. The number of carbonyl (C=O) groups excluding carboxylic acids is 2. The molecule has 41 heavy (non-hydrogen) atoms. The first-order chi connectivity index (χ1) is 19.0. The zero-order valence-corrected chi connectivity index (χ0v) is 22.8. The minimum Gasteiger partial charge on any atom is -0.338 e. The van der Waals surface area contributed by atoms with E-state index in [0.29, 0.717) is 12.5 Å². The van der Waals surface area contributed by atoms with Crippen LogP contribution in [-0.4, -0.2) is 30.3 Å². The number of alkyl halides is 6. The topological polar surface area (TPSA) is 97.3 Å². The second-order valence-corrected chi connectivity index (χ2v) is 11.2. The van der Waals surface area contributed by atoms with Crippen molar-refractivity contribution in [2.75, 3.05) is 5.32 Å². The molecule has 2 aromatic carbocycles. The first-order valence-corrected chi connectivity index (χ1v) is 13.9. The van der Waals surface area contributed by atoms with Crippen LogP contribution in [0.2, 0.25) is 0 Å². The van der Waals surface area contributed by atoms with E-state index in [4.69, 9.17) is 0 Å². The van der Waals surface area contributed by atoms with Gasteiger partial charge in [-0.1, -0.05) is 36.4 Å². The summed E-state index contributed by atoms with van der Waals surface area (Å²) in [4.78, 5) is 25.1. The highest BCUT2D eigenvalue weighted by Gasteiger charge is 2.47. The SMILES string of the molecule is CC(C)n1c(CCCc2ccccc2)ccc1C(=O)Nc1cc(CC(=O)NS(=O)(=O)C(F)(F)F)ccc1C(F)(F)F. The molecular formula is C27H27F6N3O4S. The molecule has 1 aromatic heterocycles. The average molecular weight is 604 g/mol. The van der Waals surface area contributed by atoms with Gasteiger partial charge in [0, 0.05) is 11.7 Å². The highest BCUT2D eigenvalue weighted by atomic mass is 32.2. The number of benzene rings is 2. The summed E-state index contributed by atoms with van der Waals surface area (Å²) in [7, 11) is -6.00. The molecule has 2 amide bonds. The molecule has 3 rings (SSSR count). The molecule has 0 aliphatic heterocycles. The molecule has 2 N–H and O–H groups in total. The Balaban J connectivity index is 1.83. The maximum absolute atomic E-state index is 13.7. The van der Waals surface area contributed by atoms with Crippen molar-refractivity contribution >= 4 is 27.5 Å². The number of anilines is 1. The highest BCUT2D eigenvalue weighted by Crippen LogP contribution is 2.36. The monoisotopic (exact) mass is 603 g/mol. The Morgan fingerprint density at radius 2 is 1.54 bits per heavy atom. The zero-order valence-electron chi connectivity index (χ0n) is 21.9. The van der Waals surface area contributed by atoms with Crippen LogP contribution in [0.3, 0.4) is 0 Å². The van der Waals surface area contributed by atoms with E-state index < -0.39 is 51.2 Å². The molecule has 0 unspecified atom stereocenters. The summed E-state index contributed by atoms with van der Waals surface area (Å²) in [5, 5.41) is 2.20. The highest BCUT2D eigenvalue weighted by molar-refractivity contribution is 7.90. The zero-order chi connectivity index (χ0) is 30.6. The number of halogens is 6.